The monoisotopic (exact) mass is 452 g/mol. The third kappa shape index (κ3) is 12.7. The molecule has 9 heteroatoms. The Bertz CT molecular complexity index is 733. The number of rotatable bonds is 11. The van der Waals surface area contributed by atoms with Gasteiger partial charge in [0.25, 0.3) is 0 Å². The molecule has 0 saturated carbocycles. The molecule has 2 N–H and O–H groups in total. The van der Waals surface area contributed by atoms with Crippen LogP contribution in [0.25, 0.3) is 0 Å². The maximum Gasteiger partial charge on any atom is 0.408 e. The summed E-state index contributed by atoms with van der Waals surface area (Å²) in [6.07, 6.45) is 0.0392. The lowest BCUT2D eigenvalue weighted by Gasteiger charge is -2.22. The SMILES string of the molecule is CCOC(=O)[C@H](CSC(=O)CCC(=O)NCCc1ccccc1)NC(=O)OC(C)(C)C. The molecule has 1 rings (SSSR count). The summed E-state index contributed by atoms with van der Waals surface area (Å²) < 4.78 is 10.1. The van der Waals surface area contributed by atoms with Crippen molar-refractivity contribution in [1.82, 2.24) is 10.6 Å². The second-order valence-corrected chi connectivity index (χ2v) is 8.80. The Morgan fingerprint density at radius 2 is 1.74 bits per heavy atom. The molecule has 1 aromatic rings. The summed E-state index contributed by atoms with van der Waals surface area (Å²) in [5.41, 5.74) is 0.400. The van der Waals surface area contributed by atoms with E-state index in [4.69, 9.17) is 9.47 Å². The number of carbonyl (C=O) groups excluding carboxylic acids is 4. The number of amides is 2. The summed E-state index contributed by atoms with van der Waals surface area (Å²) >= 11 is 0.871. The maximum absolute atomic E-state index is 12.1. The Balaban J connectivity index is 2.38. The molecule has 8 nitrogen and oxygen atoms in total. The lowest BCUT2D eigenvalue weighted by atomic mass is 10.1. The van der Waals surface area contributed by atoms with Crippen molar-refractivity contribution < 1.29 is 28.7 Å². The number of hydrogen-bond acceptors (Lipinski definition) is 7. The highest BCUT2D eigenvalue weighted by atomic mass is 32.2. The van der Waals surface area contributed by atoms with Crippen molar-refractivity contribution in [3.63, 3.8) is 0 Å². The summed E-state index contributed by atoms with van der Waals surface area (Å²) in [4.78, 5) is 48.1. The van der Waals surface area contributed by atoms with Crippen molar-refractivity contribution in [2.75, 3.05) is 18.9 Å². The summed E-state index contributed by atoms with van der Waals surface area (Å²) in [5.74, 6) is -0.863. The van der Waals surface area contributed by atoms with Gasteiger partial charge in [-0.15, -0.1) is 0 Å². The van der Waals surface area contributed by atoms with Gasteiger partial charge in [0.15, 0.2) is 5.12 Å². The van der Waals surface area contributed by atoms with Crippen LogP contribution in [-0.2, 0) is 30.3 Å². The zero-order chi connectivity index (χ0) is 23.3. The average Bonchev–Trinajstić information content (AvgIpc) is 2.69. The second kappa shape index (κ2) is 13.7. The van der Waals surface area contributed by atoms with Gasteiger partial charge >= 0.3 is 12.1 Å². The minimum atomic E-state index is -1.02. The van der Waals surface area contributed by atoms with E-state index in [9.17, 15) is 19.2 Å². The minimum absolute atomic E-state index is 0.00741. The van der Waals surface area contributed by atoms with E-state index in [0.29, 0.717) is 13.0 Å². The molecule has 172 valence electrons. The van der Waals surface area contributed by atoms with Crippen LogP contribution in [0.3, 0.4) is 0 Å². The van der Waals surface area contributed by atoms with Gasteiger partial charge in [-0.05, 0) is 39.7 Å². The Morgan fingerprint density at radius 1 is 1.06 bits per heavy atom. The molecule has 0 heterocycles. The molecule has 0 spiro atoms. The number of nitrogens with one attached hydrogen (secondary N) is 2. The first-order valence-corrected chi connectivity index (χ1v) is 11.2. The third-order valence-electron chi connectivity index (χ3n) is 3.81. The second-order valence-electron chi connectivity index (χ2n) is 7.72. The molecule has 0 radical (unpaired) electrons. The molecule has 0 saturated heterocycles. The van der Waals surface area contributed by atoms with Crippen LogP contribution in [0.5, 0.6) is 0 Å². The molecule has 2 amide bonds. The summed E-state index contributed by atoms with van der Waals surface area (Å²) in [6, 6.07) is 8.75. The Labute approximate surface area is 187 Å². The van der Waals surface area contributed by atoms with Gasteiger partial charge in [-0.2, -0.15) is 0 Å². The van der Waals surface area contributed by atoms with Gasteiger partial charge in [-0.25, -0.2) is 9.59 Å². The molecule has 0 aliphatic rings. The molecule has 0 aliphatic heterocycles. The molecule has 0 fully saturated rings. The van der Waals surface area contributed by atoms with Crippen molar-refractivity contribution >= 4 is 34.8 Å². The van der Waals surface area contributed by atoms with Crippen LogP contribution >= 0.6 is 11.8 Å². The fourth-order valence-corrected chi connectivity index (χ4v) is 3.22. The molecule has 0 aromatic heterocycles. The number of alkyl carbamates (subject to hydrolysis) is 1. The van der Waals surface area contributed by atoms with E-state index in [-0.39, 0.29) is 36.2 Å². The number of thioether (sulfide) groups is 1. The van der Waals surface area contributed by atoms with Crippen molar-refractivity contribution in [2.24, 2.45) is 0 Å². The molecular formula is C22H32N2O6S. The molecule has 0 bridgehead atoms. The van der Waals surface area contributed by atoms with Crippen LogP contribution in [0, 0.1) is 0 Å². The number of hydrogen-bond donors (Lipinski definition) is 2. The number of ether oxygens (including phenoxy) is 2. The highest BCUT2D eigenvalue weighted by Gasteiger charge is 2.26. The maximum atomic E-state index is 12.1. The fourth-order valence-electron chi connectivity index (χ4n) is 2.40. The topological polar surface area (TPSA) is 111 Å². The van der Waals surface area contributed by atoms with Gasteiger partial charge in [-0.1, -0.05) is 42.1 Å². The van der Waals surface area contributed by atoms with Gasteiger partial charge in [0, 0.05) is 25.1 Å². The zero-order valence-electron chi connectivity index (χ0n) is 18.6. The predicted molar refractivity (Wildman–Crippen MR) is 120 cm³/mol. The first-order chi connectivity index (χ1) is 14.6. The zero-order valence-corrected chi connectivity index (χ0v) is 19.4. The van der Waals surface area contributed by atoms with Crippen LogP contribution in [0.2, 0.25) is 0 Å². The van der Waals surface area contributed by atoms with Crippen molar-refractivity contribution in [2.45, 2.75) is 58.6 Å². The largest absolute Gasteiger partial charge is 0.464 e. The summed E-state index contributed by atoms with van der Waals surface area (Å²) in [5, 5.41) is 4.97. The highest BCUT2D eigenvalue weighted by Crippen LogP contribution is 2.12. The number of benzene rings is 1. The van der Waals surface area contributed by atoms with Crippen molar-refractivity contribution in [3.05, 3.63) is 35.9 Å². The standard InChI is InChI=1S/C22H32N2O6S/c1-5-29-20(27)17(24-21(28)30-22(2,3)4)15-31-19(26)12-11-18(25)23-14-13-16-9-7-6-8-10-16/h6-10,17H,5,11-15H2,1-4H3,(H,23,25)(H,24,28)/t17-/m0/s1. The van der Waals surface area contributed by atoms with Crippen molar-refractivity contribution in [1.29, 1.82) is 0 Å². The lowest BCUT2D eigenvalue weighted by molar-refractivity contribution is -0.145. The molecular weight excluding hydrogens is 420 g/mol. The summed E-state index contributed by atoms with van der Waals surface area (Å²) in [6.45, 7) is 7.40. The van der Waals surface area contributed by atoms with Crippen LogP contribution in [0.4, 0.5) is 4.79 Å². The number of carbonyl (C=O) groups is 4. The molecule has 0 aliphatic carbocycles. The normalized spacial score (nSPS) is 11.9. The molecule has 31 heavy (non-hydrogen) atoms. The van der Waals surface area contributed by atoms with Gasteiger partial charge in [0.2, 0.25) is 5.91 Å². The minimum Gasteiger partial charge on any atom is -0.464 e. The highest BCUT2D eigenvalue weighted by molar-refractivity contribution is 8.13. The van der Waals surface area contributed by atoms with Gasteiger partial charge in [0.1, 0.15) is 11.6 Å². The Morgan fingerprint density at radius 3 is 2.35 bits per heavy atom. The quantitative estimate of drug-likeness (QED) is 0.497. The Kier molecular flexibility index (Phi) is 11.7. The Hall–Kier alpha value is -2.55. The van der Waals surface area contributed by atoms with Gasteiger partial charge in [-0.3, -0.25) is 9.59 Å². The molecule has 0 unspecified atom stereocenters. The number of esters is 1. The average molecular weight is 453 g/mol. The van der Waals surface area contributed by atoms with E-state index in [1.54, 1.807) is 27.7 Å². The van der Waals surface area contributed by atoms with E-state index >= 15 is 0 Å². The smallest absolute Gasteiger partial charge is 0.408 e. The van der Waals surface area contributed by atoms with E-state index in [1.807, 2.05) is 30.3 Å². The molecule has 1 aromatic carbocycles. The van der Waals surface area contributed by atoms with Gasteiger partial charge in [0.05, 0.1) is 6.61 Å². The first-order valence-electron chi connectivity index (χ1n) is 10.2. The van der Waals surface area contributed by atoms with Crippen LogP contribution in [0.1, 0.15) is 46.1 Å². The van der Waals surface area contributed by atoms with E-state index in [2.05, 4.69) is 10.6 Å². The summed E-state index contributed by atoms with van der Waals surface area (Å²) in [7, 11) is 0. The fraction of sp³-hybridized carbons (Fsp3) is 0.545. The van der Waals surface area contributed by atoms with E-state index in [0.717, 1.165) is 17.3 Å². The van der Waals surface area contributed by atoms with E-state index < -0.39 is 23.7 Å². The van der Waals surface area contributed by atoms with Crippen molar-refractivity contribution in [3.8, 4) is 0 Å². The van der Waals surface area contributed by atoms with E-state index in [1.165, 1.54) is 0 Å². The third-order valence-corrected chi connectivity index (χ3v) is 4.83. The predicted octanol–water partition coefficient (Wildman–Crippen LogP) is 2.84. The first kappa shape index (κ1) is 26.5. The lowest BCUT2D eigenvalue weighted by Crippen LogP contribution is -2.46. The van der Waals surface area contributed by atoms with Crippen LogP contribution < -0.4 is 10.6 Å². The van der Waals surface area contributed by atoms with Gasteiger partial charge < -0.3 is 20.1 Å². The molecule has 1 atom stereocenters. The van der Waals surface area contributed by atoms with Crippen LogP contribution in [-0.4, -0.2) is 53.6 Å². The van der Waals surface area contributed by atoms with Crippen LogP contribution in [0.15, 0.2) is 30.3 Å².